The Balaban J connectivity index is 1.11. The highest BCUT2D eigenvalue weighted by molar-refractivity contribution is 5.93. The molecule has 2 fully saturated rings. The largest absolute Gasteiger partial charge is 0.456 e. The van der Waals surface area contributed by atoms with Crippen molar-refractivity contribution in [2.75, 3.05) is 20.2 Å². The Morgan fingerprint density at radius 2 is 1.30 bits per heavy atom. The molecule has 0 spiro atoms. The molecule has 0 bridgehead atoms. The quantitative estimate of drug-likeness (QED) is 0.131. The Labute approximate surface area is 323 Å². The Hall–Kier alpha value is -5.99. The van der Waals surface area contributed by atoms with E-state index in [0.717, 1.165) is 36.1 Å². The number of benzene rings is 2. The number of fused-ring (bicyclic) bond motifs is 2. The number of carbonyl (C=O) groups is 4. The zero-order chi connectivity index (χ0) is 39.8. The molecule has 294 valence electrons. The summed E-state index contributed by atoms with van der Waals surface area (Å²) in [7, 11) is 1.27. The second-order valence-electron chi connectivity index (χ2n) is 15.4. The predicted molar refractivity (Wildman–Crippen MR) is 209 cm³/mol. The molecule has 15 heteroatoms. The summed E-state index contributed by atoms with van der Waals surface area (Å²) in [6.07, 6.45) is 5.85. The van der Waals surface area contributed by atoms with Crippen molar-refractivity contribution in [3.8, 4) is 22.5 Å². The van der Waals surface area contributed by atoms with Crippen LogP contribution >= 0.6 is 0 Å². The van der Waals surface area contributed by atoms with Crippen LogP contribution in [-0.4, -0.2) is 85.8 Å². The molecule has 3 aromatic heterocycles. The van der Waals surface area contributed by atoms with Crippen LogP contribution in [0.1, 0.15) is 84.0 Å². The monoisotopic (exact) mass is 764 g/mol. The van der Waals surface area contributed by atoms with Crippen LogP contribution in [0.5, 0.6) is 0 Å². The second kappa shape index (κ2) is 15.6. The van der Waals surface area contributed by atoms with Gasteiger partial charge in [0.05, 0.1) is 53.7 Å². The number of nitrogens with one attached hydrogen (secondary N) is 4. The molecule has 2 saturated heterocycles. The topological polar surface area (TPSA) is 196 Å². The third kappa shape index (κ3) is 7.37. The van der Waals surface area contributed by atoms with Crippen LogP contribution in [0.3, 0.4) is 0 Å². The highest BCUT2D eigenvalue weighted by atomic mass is 16.5. The summed E-state index contributed by atoms with van der Waals surface area (Å²) in [6, 6.07) is 8.91. The van der Waals surface area contributed by atoms with Crippen LogP contribution in [0.15, 0.2) is 58.0 Å². The number of imidazole rings is 2. The van der Waals surface area contributed by atoms with E-state index < -0.39 is 18.2 Å². The Bertz CT molecular complexity index is 2360. The number of hydrogen-bond donors (Lipinski definition) is 4. The number of aromatic amines is 2. The third-order valence-electron chi connectivity index (χ3n) is 10.9. The van der Waals surface area contributed by atoms with Crippen molar-refractivity contribution in [1.82, 2.24) is 40.4 Å². The minimum atomic E-state index is -0.735. The maximum atomic E-state index is 13.9. The fourth-order valence-corrected chi connectivity index (χ4v) is 7.91. The molecule has 0 saturated carbocycles. The van der Waals surface area contributed by atoms with Gasteiger partial charge in [-0.3, -0.25) is 19.2 Å². The molecule has 2 unspecified atom stereocenters. The van der Waals surface area contributed by atoms with E-state index in [1.54, 1.807) is 40.4 Å². The van der Waals surface area contributed by atoms with E-state index in [1.165, 1.54) is 14.0 Å². The lowest BCUT2D eigenvalue weighted by Crippen LogP contribution is -2.51. The molecule has 5 heterocycles. The van der Waals surface area contributed by atoms with Gasteiger partial charge < -0.3 is 39.6 Å². The van der Waals surface area contributed by atoms with E-state index >= 15 is 0 Å². The van der Waals surface area contributed by atoms with Gasteiger partial charge in [0.15, 0.2) is 0 Å². The summed E-state index contributed by atoms with van der Waals surface area (Å²) in [5.74, 6) is 0.521. The zero-order valence-electron chi connectivity index (χ0n) is 32.5. The van der Waals surface area contributed by atoms with Crippen LogP contribution in [0, 0.1) is 11.8 Å². The smallest absolute Gasteiger partial charge is 0.407 e. The fraction of sp³-hybridized carbons (Fsp3) is 0.439. The maximum Gasteiger partial charge on any atom is 0.407 e. The van der Waals surface area contributed by atoms with Gasteiger partial charge in [0.1, 0.15) is 34.9 Å². The van der Waals surface area contributed by atoms with E-state index in [1.807, 2.05) is 45.9 Å². The molecule has 0 aliphatic carbocycles. The average molecular weight is 765 g/mol. The standard InChI is InChI=1S/C41H48N8O7/c1-21(2)34(44-23(5)50)39(52)48-15-7-9-30(48)38-43-20-29(46-38)25-11-13-26-33(18-25)56-32-14-12-24(17-27(32)36(26)51)28-19-42-37(45-28)31-10-8-16-49(31)40(53)35(22(3)4)47-41(54)55-6/h11-14,17-22,30-31,34-35H,7-10,15-16H2,1-6H3,(H,42,45)(H,43,46)(H,44,50)(H,47,54)/t30?,31?,34-,35-/m0/s1. The number of nitrogens with zero attached hydrogens (tertiary/aromatic N) is 4. The molecule has 0 radical (unpaired) electrons. The summed E-state index contributed by atoms with van der Waals surface area (Å²) in [4.78, 5) is 84.4. The number of amides is 4. The zero-order valence-corrected chi connectivity index (χ0v) is 32.5. The predicted octanol–water partition coefficient (Wildman–Crippen LogP) is 5.59. The summed E-state index contributed by atoms with van der Waals surface area (Å²) < 4.78 is 11.0. The van der Waals surface area contributed by atoms with E-state index in [2.05, 4.69) is 30.6 Å². The van der Waals surface area contributed by atoms with Crippen molar-refractivity contribution in [1.29, 1.82) is 0 Å². The molecule has 56 heavy (non-hydrogen) atoms. The van der Waals surface area contributed by atoms with Crippen molar-refractivity contribution < 1.29 is 28.3 Å². The van der Waals surface area contributed by atoms with Gasteiger partial charge in [-0.15, -0.1) is 0 Å². The molecule has 5 aromatic rings. The molecular formula is C41H48N8O7. The van der Waals surface area contributed by atoms with Crippen LogP contribution in [0.2, 0.25) is 0 Å². The van der Waals surface area contributed by atoms with Gasteiger partial charge in [-0.2, -0.15) is 0 Å². The third-order valence-corrected chi connectivity index (χ3v) is 10.9. The highest BCUT2D eigenvalue weighted by Gasteiger charge is 2.38. The van der Waals surface area contributed by atoms with Crippen molar-refractivity contribution in [3.63, 3.8) is 0 Å². The minimum Gasteiger partial charge on any atom is -0.456 e. The summed E-state index contributed by atoms with van der Waals surface area (Å²) >= 11 is 0. The Kier molecular flexibility index (Phi) is 10.7. The highest BCUT2D eigenvalue weighted by Crippen LogP contribution is 2.35. The van der Waals surface area contributed by atoms with Crippen molar-refractivity contribution in [2.24, 2.45) is 11.8 Å². The maximum absolute atomic E-state index is 13.9. The van der Waals surface area contributed by atoms with Gasteiger partial charge in [0, 0.05) is 31.1 Å². The number of carbonyl (C=O) groups excluding carboxylic acids is 4. The number of H-pyrrole nitrogens is 2. The van der Waals surface area contributed by atoms with Crippen LogP contribution in [0.25, 0.3) is 44.5 Å². The molecule has 4 N–H and O–H groups in total. The molecule has 2 aliphatic heterocycles. The second-order valence-corrected chi connectivity index (χ2v) is 15.4. The average Bonchev–Trinajstić information content (AvgIpc) is 4.01. The molecule has 2 aromatic carbocycles. The first kappa shape index (κ1) is 38.3. The first-order valence-corrected chi connectivity index (χ1v) is 19.2. The molecule has 15 nitrogen and oxygen atoms in total. The summed E-state index contributed by atoms with van der Waals surface area (Å²) in [5, 5.41) is 6.32. The number of rotatable bonds is 10. The first-order chi connectivity index (χ1) is 26.8. The number of methoxy groups -OCH3 is 1. The van der Waals surface area contributed by atoms with Crippen LogP contribution in [-0.2, 0) is 19.1 Å². The molecule has 4 atom stereocenters. The van der Waals surface area contributed by atoms with E-state index in [9.17, 15) is 24.0 Å². The SMILES string of the molecule is COC(=O)N[C@H](C(=O)N1CCCC1c1ncc(-c2ccc3oc4cc(-c5cnc(C6CCCN6C(=O)[C@@H](NC(C)=O)C(C)C)[nH]5)ccc4c(=O)c3c2)[nH]1)C(C)C. The Morgan fingerprint density at radius 3 is 1.84 bits per heavy atom. The lowest BCUT2D eigenvalue weighted by atomic mass is 10.0. The van der Waals surface area contributed by atoms with E-state index in [-0.39, 0.29) is 47.1 Å². The first-order valence-electron chi connectivity index (χ1n) is 19.2. The number of ether oxygens (including phenoxy) is 1. The van der Waals surface area contributed by atoms with Gasteiger partial charge in [0.25, 0.3) is 0 Å². The van der Waals surface area contributed by atoms with Gasteiger partial charge in [-0.05, 0) is 67.9 Å². The van der Waals surface area contributed by atoms with E-state index in [0.29, 0.717) is 58.8 Å². The van der Waals surface area contributed by atoms with Crippen molar-refractivity contribution in [2.45, 2.75) is 84.5 Å². The Morgan fingerprint density at radius 1 is 0.768 bits per heavy atom. The number of alkyl carbamates (subject to hydrolysis) is 1. The molecular weight excluding hydrogens is 716 g/mol. The number of hydrogen-bond acceptors (Lipinski definition) is 9. The van der Waals surface area contributed by atoms with Gasteiger partial charge in [0.2, 0.25) is 23.2 Å². The van der Waals surface area contributed by atoms with Crippen LogP contribution in [0.4, 0.5) is 4.79 Å². The molecule has 4 amide bonds. The van der Waals surface area contributed by atoms with Crippen molar-refractivity contribution in [3.05, 3.63) is 70.7 Å². The van der Waals surface area contributed by atoms with Crippen molar-refractivity contribution >= 4 is 45.8 Å². The van der Waals surface area contributed by atoms with Gasteiger partial charge in [-0.25, -0.2) is 14.8 Å². The molecule has 2 aliphatic rings. The number of likely N-dealkylation sites (tertiary alicyclic amines) is 2. The van der Waals surface area contributed by atoms with Crippen LogP contribution < -0.4 is 16.1 Å². The normalized spacial score (nSPS) is 18.2. The number of aromatic nitrogens is 4. The minimum absolute atomic E-state index is 0.0671. The van der Waals surface area contributed by atoms with Gasteiger partial charge >= 0.3 is 6.09 Å². The summed E-state index contributed by atoms with van der Waals surface area (Å²) in [5.41, 5.74) is 3.60. The fourth-order valence-electron chi connectivity index (χ4n) is 7.91. The molecule has 7 rings (SSSR count). The van der Waals surface area contributed by atoms with Gasteiger partial charge in [-0.1, -0.05) is 33.8 Å². The lowest BCUT2D eigenvalue weighted by molar-refractivity contribution is -0.138. The lowest BCUT2D eigenvalue weighted by Gasteiger charge is -2.30. The van der Waals surface area contributed by atoms with E-state index in [4.69, 9.17) is 9.15 Å². The summed E-state index contributed by atoms with van der Waals surface area (Å²) in [6.45, 7) is 10.1.